The fraction of sp³-hybridized carbons (Fsp3) is 0.583. The first-order valence-corrected chi connectivity index (χ1v) is 7.75. The van der Waals surface area contributed by atoms with Gasteiger partial charge in [0.2, 0.25) is 10.0 Å². The van der Waals surface area contributed by atoms with Crippen LogP contribution < -0.4 is 0 Å². The minimum atomic E-state index is -3.93. The maximum Gasteiger partial charge on any atom is 0.280 e. The summed E-state index contributed by atoms with van der Waals surface area (Å²) in [6.07, 6.45) is -2.87. The highest BCUT2D eigenvalue weighted by atomic mass is 32.2. The van der Waals surface area contributed by atoms with Gasteiger partial charge in [0.1, 0.15) is 16.2 Å². The van der Waals surface area contributed by atoms with Gasteiger partial charge in [-0.05, 0) is 25.5 Å². The second-order valence-electron chi connectivity index (χ2n) is 5.09. The first-order valence-electron chi connectivity index (χ1n) is 6.31. The Hall–Kier alpha value is -1.16. The van der Waals surface area contributed by atoms with Crippen LogP contribution in [-0.2, 0) is 10.0 Å². The van der Waals surface area contributed by atoms with Gasteiger partial charge in [-0.2, -0.15) is 4.31 Å². The third-order valence-electron chi connectivity index (χ3n) is 3.64. The van der Waals surface area contributed by atoms with Crippen LogP contribution in [0, 0.1) is 0 Å². The number of hydrogen-bond donors (Lipinski definition) is 2. The largest absolute Gasteiger partial charge is 0.390 e. The molecule has 0 bridgehead atoms. The molecule has 0 spiro atoms. The van der Waals surface area contributed by atoms with Crippen molar-refractivity contribution in [2.45, 2.75) is 36.4 Å². The lowest BCUT2D eigenvalue weighted by Crippen LogP contribution is -2.44. The fourth-order valence-corrected chi connectivity index (χ4v) is 3.60. The zero-order valence-corrected chi connectivity index (χ0v) is 12.1. The maximum atomic E-state index is 12.4. The van der Waals surface area contributed by atoms with E-state index in [2.05, 4.69) is 4.98 Å². The van der Waals surface area contributed by atoms with E-state index in [4.69, 9.17) is 0 Å². The summed E-state index contributed by atoms with van der Waals surface area (Å²) in [6.45, 7) is 1.18. The number of aliphatic hydroxyl groups is 2. The van der Waals surface area contributed by atoms with E-state index in [1.807, 2.05) is 0 Å². The summed E-state index contributed by atoms with van der Waals surface area (Å²) in [5, 5.41) is 19.6. The van der Waals surface area contributed by atoms with Crippen molar-refractivity contribution in [1.82, 2.24) is 9.29 Å². The zero-order chi connectivity index (χ0) is 15.8. The molecule has 1 aromatic heterocycles. The number of alkyl halides is 2. The van der Waals surface area contributed by atoms with E-state index >= 15 is 0 Å². The van der Waals surface area contributed by atoms with Crippen LogP contribution in [0.3, 0.4) is 0 Å². The molecule has 0 aliphatic carbocycles. The number of hydrogen-bond acceptors (Lipinski definition) is 5. The molecular formula is C12H16F2N2O4S. The molecule has 0 saturated carbocycles. The third-order valence-corrected chi connectivity index (χ3v) is 5.47. The van der Waals surface area contributed by atoms with Gasteiger partial charge in [-0.1, -0.05) is 0 Å². The van der Waals surface area contributed by atoms with Gasteiger partial charge < -0.3 is 10.2 Å². The first-order chi connectivity index (χ1) is 9.67. The summed E-state index contributed by atoms with van der Waals surface area (Å²) in [6, 6.07) is 2.01. The van der Waals surface area contributed by atoms with Crippen LogP contribution >= 0.6 is 0 Å². The van der Waals surface area contributed by atoms with Gasteiger partial charge >= 0.3 is 0 Å². The summed E-state index contributed by atoms with van der Waals surface area (Å²) < 4.78 is 50.5. The number of halogens is 2. The van der Waals surface area contributed by atoms with E-state index in [0.717, 1.165) is 22.6 Å². The molecule has 1 saturated heterocycles. The highest BCUT2D eigenvalue weighted by Gasteiger charge is 2.44. The van der Waals surface area contributed by atoms with E-state index in [-0.39, 0.29) is 24.4 Å². The number of β-amino-alcohol motifs (C(OH)–C–C–N with tert-alkyl or cyclic N) is 1. The van der Waals surface area contributed by atoms with Crippen molar-refractivity contribution in [3.05, 3.63) is 24.0 Å². The van der Waals surface area contributed by atoms with E-state index in [1.54, 1.807) is 0 Å². The highest BCUT2D eigenvalue weighted by molar-refractivity contribution is 7.89. The third kappa shape index (κ3) is 3.05. The van der Waals surface area contributed by atoms with Gasteiger partial charge in [-0.25, -0.2) is 17.2 Å². The zero-order valence-electron chi connectivity index (χ0n) is 11.3. The number of sulfonamides is 1. The molecule has 2 N–H and O–H groups in total. The maximum absolute atomic E-state index is 12.4. The molecule has 2 rings (SSSR count). The Kier molecular flexibility index (Phi) is 4.29. The quantitative estimate of drug-likeness (QED) is 0.844. The molecule has 1 unspecified atom stereocenters. The number of aliphatic hydroxyl groups excluding tert-OH is 1. The van der Waals surface area contributed by atoms with Crippen LogP contribution in [0.1, 0.15) is 25.5 Å². The molecular weight excluding hydrogens is 306 g/mol. The Morgan fingerprint density at radius 3 is 2.52 bits per heavy atom. The number of aromatic nitrogens is 1. The van der Waals surface area contributed by atoms with Crippen molar-refractivity contribution in [2.75, 3.05) is 13.1 Å². The second-order valence-corrected chi connectivity index (χ2v) is 7.03. The molecule has 1 fully saturated rings. The molecule has 21 heavy (non-hydrogen) atoms. The van der Waals surface area contributed by atoms with Crippen LogP contribution in [0.25, 0.3) is 0 Å². The van der Waals surface area contributed by atoms with Crippen LogP contribution in [0.15, 0.2) is 23.2 Å². The Morgan fingerprint density at radius 2 is 2.10 bits per heavy atom. The van der Waals surface area contributed by atoms with Crippen molar-refractivity contribution < 1.29 is 27.4 Å². The van der Waals surface area contributed by atoms with Crippen LogP contribution in [0.5, 0.6) is 0 Å². The van der Waals surface area contributed by atoms with Gasteiger partial charge in [0.15, 0.2) is 0 Å². The van der Waals surface area contributed by atoms with E-state index in [1.165, 1.54) is 6.92 Å². The normalized spacial score (nSPS) is 25.4. The average molecular weight is 322 g/mol. The smallest absolute Gasteiger partial charge is 0.280 e. The Morgan fingerprint density at radius 1 is 1.43 bits per heavy atom. The topological polar surface area (TPSA) is 90.7 Å². The first kappa shape index (κ1) is 16.2. The molecule has 1 aliphatic heterocycles. The molecule has 2 heterocycles. The van der Waals surface area contributed by atoms with Gasteiger partial charge in [0.25, 0.3) is 6.43 Å². The van der Waals surface area contributed by atoms with Gasteiger partial charge in [-0.15, -0.1) is 0 Å². The molecule has 9 heteroatoms. The number of nitrogens with zero attached hydrogens (tertiary/aromatic N) is 2. The van der Waals surface area contributed by atoms with E-state index in [9.17, 15) is 27.4 Å². The van der Waals surface area contributed by atoms with Gasteiger partial charge in [-0.3, -0.25) is 4.98 Å². The standard InChI is InChI=1S/C12H16F2N2O4S/c1-8(17)12(18)4-5-16(7-12)21(19,20)9-2-3-10(11(13)14)15-6-9/h2-3,6,8,11,17-18H,4-5,7H2,1H3/t8-,12?/m1/s1. The summed E-state index contributed by atoms with van der Waals surface area (Å²) in [5.41, 5.74) is -2.00. The predicted octanol–water partition coefficient (Wildman–Crippen LogP) is 0.525. The van der Waals surface area contributed by atoms with Gasteiger partial charge in [0.05, 0.1) is 6.10 Å². The highest BCUT2D eigenvalue weighted by Crippen LogP contribution is 2.29. The second kappa shape index (κ2) is 5.56. The lowest BCUT2D eigenvalue weighted by atomic mass is 9.97. The molecule has 6 nitrogen and oxygen atoms in total. The summed E-state index contributed by atoms with van der Waals surface area (Å²) in [5.74, 6) is 0. The molecule has 0 aromatic carbocycles. The lowest BCUT2D eigenvalue weighted by Gasteiger charge is -2.26. The molecule has 2 atom stereocenters. The monoisotopic (exact) mass is 322 g/mol. The Bertz CT molecular complexity index is 606. The van der Waals surface area contributed by atoms with Crippen molar-refractivity contribution in [3.8, 4) is 0 Å². The van der Waals surface area contributed by atoms with Crippen LogP contribution in [-0.4, -0.2) is 52.7 Å². The van der Waals surface area contributed by atoms with Gasteiger partial charge in [0, 0.05) is 19.3 Å². The minimum Gasteiger partial charge on any atom is -0.390 e. The van der Waals surface area contributed by atoms with E-state index in [0.29, 0.717) is 0 Å². The van der Waals surface area contributed by atoms with Crippen molar-refractivity contribution in [1.29, 1.82) is 0 Å². The molecule has 0 radical (unpaired) electrons. The van der Waals surface area contributed by atoms with Crippen LogP contribution in [0.2, 0.25) is 0 Å². The number of rotatable bonds is 4. The van der Waals surface area contributed by atoms with E-state index < -0.39 is 33.8 Å². The summed E-state index contributed by atoms with van der Waals surface area (Å²) in [4.78, 5) is 3.20. The number of pyridine rings is 1. The lowest BCUT2D eigenvalue weighted by molar-refractivity contribution is -0.0536. The minimum absolute atomic E-state index is 0.0420. The Balaban J connectivity index is 2.23. The molecule has 118 valence electrons. The van der Waals surface area contributed by atoms with Crippen molar-refractivity contribution in [3.63, 3.8) is 0 Å². The molecule has 1 aromatic rings. The summed E-state index contributed by atoms with van der Waals surface area (Å²) >= 11 is 0. The molecule has 1 aliphatic rings. The summed E-state index contributed by atoms with van der Waals surface area (Å²) in [7, 11) is -3.93. The molecule has 0 amide bonds. The van der Waals surface area contributed by atoms with Crippen LogP contribution in [0.4, 0.5) is 8.78 Å². The fourth-order valence-electron chi connectivity index (χ4n) is 2.15. The van der Waals surface area contributed by atoms with Crippen molar-refractivity contribution >= 4 is 10.0 Å². The average Bonchev–Trinajstić information content (AvgIpc) is 2.84. The predicted molar refractivity (Wildman–Crippen MR) is 69.2 cm³/mol. The SMILES string of the molecule is C[C@@H](O)C1(O)CCN(S(=O)(=O)c2ccc(C(F)F)nc2)C1. The van der Waals surface area contributed by atoms with Crippen molar-refractivity contribution in [2.24, 2.45) is 0 Å². The Labute approximate surface area is 121 Å².